The van der Waals surface area contributed by atoms with Crippen LogP contribution in [-0.4, -0.2) is 26.3 Å². The predicted molar refractivity (Wildman–Crippen MR) is 58.4 cm³/mol. The number of carbonyl (C=O) groups excluding carboxylic acids is 1. The largest absolute Gasteiger partial charge is 0.516 e. The molecule has 0 aliphatic rings. The zero-order valence-corrected chi connectivity index (χ0v) is 9.68. The first-order valence-electron chi connectivity index (χ1n) is 4.60. The quantitative estimate of drug-likeness (QED) is 0.809. The number of sulfonamides is 1. The molecule has 9 heteroatoms. The van der Waals surface area contributed by atoms with Gasteiger partial charge in [0.05, 0.1) is 6.54 Å². The van der Waals surface area contributed by atoms with Crippen molar-refractivity contribution in [3.63, 3.8) is 0 Å². The molecule has 0 aliphatic heterocycles. The van der Waals surface area contributed by atoms with Crippen molar-refractivity contribution in [2.75, 3.05) is 11.3 Å². The Balaban J connectivity index is 3.04. The van der Waals surface area contributed by atoms with Gasteiger partial charge in [0.15, 0.2) is 5.78 Å². The summed E-state index contributed by atoms with van der Waals surface area (Å²) < 4.78 is 59.3. The Bertz CT molecular complexity index is 554. The summed E-state index contributed by atoms with van der Waals surface area (Å²) in [5.41, 5.74) is -0.661. The van der Waals surface area contributed by atoms with Crippen LogP contribution in [0.4, 0.5) is 18.9 Å². The Morgan fingerprint density at radius 2 is 1.94 bits per heavy atom. The molecule has 0 aliphatic carbocycles. The molecular formula is C9H9F3N2O3S. The Morgan fingerprint density at radius 1 is 1.33 bits per heavy atom. The lowest BCUT2D eigenvalue weighted by Gasteiger charge is -2.11. The highest BCUT2D eigenvalue weighted by Crippen LogP contribution is 2.25. The number of benzene rings is 1. The molecule has 100 valence electrons. The number of Topliss-reactive ketones (excluding diaryl/α,β-unsaturated/α-hetero) is 1. The van der Waals surface area contributed by atoms with E-state index in [2.05, 4.69) is 0 Å². The third-order valence-corrected chi connectivity index (χ3v) is 3.04. The summed E-state index contributed by atoms with van der Waals surface area (Å²) in [4.78, 5) is 11.2. The summed E-state index contributed by atoms with van der Waals surface area (Å²) in [5.74, 6) is -0.511. The fourth-order valence-corrected chi connectivity index (χ4v) is 1.64. The normalized spacial score (nSPS) is 12.2. The number of nitrogens with two attached hydrogens (primary N) is 1. The molecule has 0 bridgehead atoms. The SMILES string of the molecule is NCC(=O)c1cccc(NS(=O)(=O)C(F)(F)F)c1. The number of alkyl halides is 3. The third-order valence-electron chi connectivity index (χ3n) is 1.93. The number of hydrogen-bond acceptors (Lipinski definition) is 4. The van der Waals surface area contributed by atoms with Gasteiger partial charge in [0.2, 0.25) is 0 Å². The van der Waals surface area contributed by atoms with E-state index in [1.54, 1.807) is 0 Å². The first kappa shape index (κ1) is 14.5. The van der Waals surface area contributed by atoms with Crippen LogP contribution in [-0.2, 0) is 10.0 Å². The van der Waals surface area contributed by atoms with Crippen LogP contribution in [0, 0.1) is 0 Å². The van der Waals surface area contributed by atoms with E-state index in [1.807, 2.05) is 0 Å². The highest BCUT2D eigenvalue weighted by atomic mass is 32.2. The Morgan fingerprint density at radius 3 is 2.44 bits per heavy atom. The van der Waals surface area contributed by atoms with Gasteiger partial charge in [0, 0.05) is 11.3 Å². The molecule has 3 N–H and O–H groups in total. The number of rotatable bonds is 4. The molecule has 1 aromatic rings. The summed E-state index contributed by atoms with van der Waals surface area (Å²) in [5, 5.41) is 0. The van der Waals surface area contributed by atoms with Gasteiger partial charge in [0.25, 0.3) is 0 Å². The summed E-state index contributed by atoms with van der Waals surface area (Å²) in [6, 6.07) is 4.65. The molecule has 1 rings (SSSR count). The second-order valence-electron chi connectivity index (χ2n) is 3.26. The minimum atomic E-state index is -5.49. The van der Waals surface area contributed by atoms with Crippen molar-refractivity contribution in [3.8, 4) is 0 Å². The maximum atomic E-state index is 12.1. The van der Waals surface area contributed by atoms with Crippen LogP contribution in [0.2, 0.25) is 0 Å². The van der Waals surface area contributed by atoms with Crippen molar-refractivity contribution in [1.29, 1.82) is 0 Å². The molecule has 0 spiro atoms. The summed E-state index contributed by atoms with van der Waals surface area (Å²) in [6.07, 6.45) is 0. The van der Waals surface area contributed by atoms with Gasteiger partial charge in [-0.1, -0.05) is 12.1 Å². The van der Waals surface area contributed by atoms with Crippen LogP contribution in [0.5, 0.6) is 0 Å². The van der Waals surface area contributed by atoms with Crippen molar-refractivity contribution in [2.45, 2.75) is 5.51 Å². The van der Waals surface area contributed by atoms with Gasteiger partial charge in [0.1, 0.15) is 0 Å². The first-order chi connectivity index (χ1) is 8.17. The minimum Gasteiger partial charge on any atom is -0.324 e. The smallest absolute Gasteiger partial charge is 0.324 e. The van der Waals surface area contributed by atoms with Gasteiger partial charge in [-0.3, -0.25) is 9.52 Å². The second-order valence-corrected chi connectivity index (χ2v) is 4.93. The monoisotopic (exact) mass is 282 g/mol. The molecule has 0 saturated heterocycles. The molecule has 1 aromatic carbocycles. The fraction of sp³-hybridized carbons (Fsp3) is 0.222. The van der Waals surface area contributed by atoms with Gasteiger partial charge < -0.3 is 5.73 Å². The lowest BCUT2D eigenvalue weighted by atomic mass is 10.1. The lowest BCUT2D eigenvalue weighted by molar-refractivity contribution is -0.0429. The van der Waals surface area contributed by atoms with E-state index in [0.717, 1.165) is 12.1 Å². The van der Waals surface area contributed by atoms with E-state index in [4.69, 9.17) is 5.73 Å². The summed E-state index contributed by atoms with van der Waals surface area (Å²) >= 11 is 0. The standard InChI is InChI=1S/C9H9F3N2O3S/c10-9(11,12)18(16,17)14-7-3-1-2-6(4-7)8(15)5-13/h1-4,14H,5,13H2. The van der Waals surface area contributed by atoms with Crippen LogP contribution >= 0.6 is 0 Å². The molecule has 0 unspecified atom stereocenters. The van der Waals surface area contributed by atoms with Crippen LogP contribution in [0.25, 0.3) is 0 Å². The third kappa shape index (κ3) is 3.20. The maximum Gasteiger partial charge on any atom is 0.516 e. The van der Waals surface area contributed by atoms with Crippen LogP contribution in [0.1, 0.15) is 10.4 Å². The molecule has 5 nitrogen and oxygen atoms in total. The first-order valence-corrected chi connectivity index (χ1v) is 6.08. The molecule has 0 aromatic heterocycles. The number of ketones is 1. The van der Waals surface area contributed by atoms with Gasteiger partial charge in [-0.15, -0.1) is 0 Å². The minimum absolute atomic E-state index is 0.0277. The average Bonchev–Trinajstić information content (AvgIpc) is 2.26. The maximum absolute atomic E-state index is 12.1. The van der Waals surface area contributed by atoms with E-state index in [9.17, 15) is 26.4 Å². The molecule has 0 radical (unpaired) electrons. The predicted octanol–water partition coefficient (Wildman–Crippen LogP) is 1.09. The second kappa shape index (κ2) is 4.94. The van der Waals surface area contributed by atoms with Crippen molar-refractivity contribution >= 4 is 21.5 Å². The number of halogens is 3. The zero-order chi connectivity index (χ0) is 14.0. The Labute approximate surface area is 101 Å². The highest BCUT2D eigenvalue weighted by Gasteiger charge is 2.46. The van der Waals surface area contributed by atoms with E-state index < -0.39 is 21.3 Å². The number of hydrogen-bond donors (Lipinski definition) is 2. The topological polar surface area (TPSA) is 89.3 Å². The van der Waals surface area contributed by atoms with Crippen molar-refractivity contribution in [1.82, 2.24) is 0 Å². The van der Waals surface area contributed by atoms with E-state index in [-0.39, 0.29) is 17.8 Å². The molecule has 0 atom stereocenters. The zero-order valence-electron chi connectivity index (χ0n) is 8.86. The summed E-state index contributed by atoms with van der Waals surface area (Å²) in [7, 11) is -5.49. The van der Waals surface area contributed by atoms with Gasteiger partial charge >= 0.3 is 15.5 Å². The van der Waals surface area contributed by atoms with Crippen molar-refractivity contribution in [2.24, 2.45) is 5.73 Å². The summed E-state index contributed by atoms with van der Waals surface area (Å²) in [6.45, 7) is -0.324. The van der Waals surface area contributed by atoms with Crippen LogP contribution < -0.4 is 10.5 Å². The average molecular weight is 282 g/mol. The number of anilines is 1. The lowest BCUT2D eigenvalue weighted by Crippen LogP contribution is -2.30. The molecular weight excluding hydrogens is 273 g/mol. The van der Waals surface area contributed by atoms with E-state index in [1.165, 1.54) is 16.9 Å². The highest BCUT2D eigenvalue weighted by molar-refractivity contribution is 7.93. The molecule has 0 amide bonds. The van der Waals surface area contributed by atoms with Gasteiger partial charge in [-0.2, -0.15) is 21.6 Å². The van der Waals surface area contributed by atoms with Gasteiger partial charge in [-0.25, -0.2) is 0 Å². The van der Waals surface area contributed by atoms with Crippen LogP contribution in [0.3, 0.4) is 0 Å². The van der Waals surface area contributed by atoms with E-state index in [0.29, 0.717) is 0 Å². The number of nitrogens with one attached hydrogen (secondary N) is 1. The van der Waals surface area contributed by atoms with Crippen LogP contribution in [0.15, 0.2) is 24.3 Å². The molecule has 0 fully saturated rings. The van der Waals surface area contributed by atoms with Crippen molar-refractivity contribution in [3.05, 3.63) is 29.8 Å². The fourth-order valence-electron chi connectivity index (χ4n) is 1.09. The Kier molecular flexibility index (Phi) is 3.97. The number of carbonyl (C=O) groups is 1. The Hall–Kier alpha value is -1.61. The molecule has 18 heavy (non-hydrogen) atoms. The molecule has 0 saturated carbocycles. The van der Waals surface area contributed by atoms with Gasteiger partial charge in [-0.05, 0) is 12.1 Å². The molecule has 0 heterocycles. The van der Waals surface area contributed by atoms with Crippen molar-refractivity contribution < 1.29 is 26.4 Å². The van der Waals surface area contributed by atoms with E-state index >= 15 is 0 Å².